The second kappa shape index (κ2) is 3.88. The third kappa shape index (κ3) is 2.17. The molecule has 0 atom stereocenters. The Kier molecular flexibility index (Phi) is 2.41. The van der Waals surface area contributed by atoms with Crippen molar-refractivity contribution in [3.8, 4) is 11.6 Å². The Balaban J connectivity index is 2.22. The van der Waals surface area contributed by atoms with Crippen LogP contribution < -0.4 is 16.2 Å². The van der Waals surface area contributed by atoms with Crippen LogP contribution in [-0.2, 0) is 0 Å². The first kappa shape index (κ1) is 9.33. The molecule has 15 heavy (non-hydrogen) atoms. The molecule has 1 aromatic carbocycles. The number of nitrogens with zero attached hydrogens (tertiary/aromatic N) is 1. The Labute approximate surface area is 87.5 Å². The maximum atomic E-state index is 5.69. The molecular weight excluding hydrogens is 190 g/mol. The summed E-state index contributed by atoms with van der Waals surface area (Å²) in [7, 11) is 0. The highest BCUT2D eigenvalue weighted by molar-refractivity contribution is 5.50. The zero-order chi connectivity index (χ0) is 10.7. The summed E-state index contributed by atoms with van der Waals surface area (Å²) in [5, 5.41) is 0. The molecule has 2 rings (SSSR count). The predicted octanol–water partition coefficient (Wildman–Crippen LogP) is 2.04. The van der Waals surface area contributed by atoms with E-state index >= 15 is 0 Å². The summed E-state index contributed by atoms with van der Waals surface area (Å²) < 4.78 is 5.47. The van der Waals surface area contributed by atoms with Crippen molar-refractivity contribution in [1.82, 2.24) is 4.98 Å². The Hall–Kier alpha value is -2.23. The lowest BCUT2D eigenvalue weighted by Gasteiger charge is -2.06. The summed E-state index contributed by atoms with van der Waals surface area (Å²) in [4.78, 5) is 4.02. The largest absolute Gasteiger partial charge is 0.437 e. The van der Waals surface area contributed by atoms with Gasteiger partial charge in [-0.05, 0) is 36.4 Å². The first-order valence-corrected chi connectivity index (χ1v) is 4.49. The van der Waals surface area contributed by atoms with Crippen LogP contribution in [0.5, 0.6) is 11.6 Å². The molecular formula is C11H11N3O. The second-order valence-electron chi connectivity index (χ2n) is 3.07. The second-order valence-corrected chi connectivity index (χ2v) is 3.07. The van der Waals surface area contributed by atoms with Gasteiger partial charge in [0.05, 0.1) is 5.69 Å². The van der Waals surface area contributed by atoms with Crippen LogP contribution >= 0.6 is 0 Å². The van der Waals surface area contributed by atoms with Crippen LogP contribution in [0.4, 0.5) is 11.4 Å². The molecule has 1 heterocycles. The number of aromatic nitrogens is 1. The highest BCUT2D eigenvalue weighted by Crippen LogP contribution is 2.24. The van der Waals surface area contributed by atoms with Gasteiger partial charge in [0.1, 0.15) is 5.75 Å². The number of pyridine rings is 1. The Bertz CT molecular complexity index is 454. The molecule has 0 unspecified atom stereocenters. The standard InChI is InChI=1S/C11H11N3O/c12-8-3-5-9(6-4-8)15-11-10(13)2-1-7-14-11/h1-7H,12-13H2. The molecule has 2 aromatic rings. The van der Waals surface area contributed by atoms with Gasteiger partial charge in [0, 0.05) is 11.9 Å². The number of rotatable bonds is 2. The SMILES string of the molecule is Nc1ccc(Oc2ncccc2N)cc1. The van der Waals surface area contributed by atoms with Crippen LogP contribution in [0, 0.1) is 0 Å². The highest BCUT2D eigenvalue weighted by atomic mass is 16.5. The molecule has 0 aliphatic carbocycles. The minimum Gasteiger partial charge on any atom is -0.437 e. The molecule has 0 bridgehead atoms. The van der Waals surface area contributed by atoms with E-state index in [1.807, 2.05) is 0 Å². The molecule has 0 radical (unpaired) electrons. The third-order valence-corrected chi connectivity index (χ3v) is 1.90. The molecule has 4 N–H and O–H groups in total. The van der Waals surface area contributed by atoms with E-state index < -0.39 is 0 Å². The van der Waals surface area contributed by atoms with E-state index in [-0.39, 0.29) is 0 Å². The van der Waals surface area contributed by atoms with E-state index in [0.717, 1.165) is 0 Å². The van der Waals surface area contributed by atoms with Crippen molar-refractivity contribution in [3.05, 3.63) is 42.6 Å². The maximum absolute atomic E-state index is 5.69. The molecule has 0 aliphatic heterocycles. The molecule has 0 amide bonds. The lowest BCUT2D eigenvalue weighted by atomic mass is 10.3. The van der Waals surface area contributed by atoms with Crippen LogP contribution in [-0.4, -0.2) is 4.98 Å². The average molecular weight is 201 g/mol. The van der Waals surface area contributed by atoms with Crippen molar-refractivity contribution in [3.63, 3.8) is 0 Å². The van der Waals surface area contributed by atoms with Crippen LogP contribution in [0.3, 0.4) is 0 Å². The van der Waals surface area contributed by atoms with Gasteiger partial charge in [0.15, 0.2) is 0 Å². The number of hydrogen-bond acceptors (Lipinski definition) is 4. The number of benzene rings is 1. The van der Waals surface area contributed by atoms with Gasteiger partial charge in [-0.15, -0.1) is 0 Å². The van der Waals surface area contributed by atoms with Crippen molar-refractivity contribution in [2.45, 2.75) is 0 Å². The normalized spacial score (nSPS) is 9.87. The molecule has 0 saturated carbocycles. The van der Waals surface area contributed by atoms with Gasteiger partial charge in [-0.25, -0.2) is 4.98 Å². The number of nitrogens with two attached hydrogens (primary N) is 2. The number of anilines is 2. The fourth-order valence-electron chi connectivity index (χ4n) is 1.14. The molecule has 4 heteroatoms. The smallest absolute Gasteiger partial charge is 0.242 e. The molecule has 0 aliphatic rings. The first-order chi connectivity index (χ1) is 7.25. The quantitative estimate of drug-likeness (QED) is 0.729. The van der Waals surface area contributed by atoms with Gasteiger partial charge in [0.2, 0.25) is 5.88 Å². The summed E-state index contributed by atoms with van der Waals surface area (Å²) in [5.41, 5.74) is 12.4. The van der Waals surface area contributed by atoms with E-state index in [0.29, 0.717) is 23.0 Å². The van der Waals surface area contributed by atoms with E-state index in [1.165, 1.54) is 0 Å². The minimum atomic E-state index is 0.405. The minimum absolute atomic E-state index is 0.405. The van der Waals surface area contributed by atoms with Gasteiger partial charge < -0.3 is 16.2 Å². The monoisotopic (exact) mass is 201 g/mol. The van der Waals surface area contributed by atoms with Crippen LogP contribution in [0.15, 0.2) is 42.6 Å². The fourth-order valence-corrected chi connectivity index (χ4v) is 1.14. The predicted molar refractivity (Wildman–Crippen MR) is 59.6 cm³/mol. The lowest BCUT2D eigenvalue weighted by Crippen LogP contribution is -1.94. The highest BCUT2D eigenvalue weighted by Gasteiger charge is 2.01. The van der Waals surface area contributed by atoms with Gasteiger partial charge >= 0.3 is 0 Å². The zero-order valence-corrected chi connectivity index (χ0v) is 8.05. The third-order valence-electron chi connectivity index (χ3n) is 1.90. The molecule has 1 aromatic heterocycles. The van der Waals surface area contributed by atoms with Crippen LogP contribution in [0.2, 0.25) is 0 Å². The van der Waals surface area contributed by atoms with Gasteiger partial charge in [-0.3, -0.25) is 0 Å². The van der Waals surface area contributed by atoms with Gasteiger partial charge in [0.25, 0.3) is 0 Å². The van der Waals surface area contributed by atoms with E-state index in [9.17, 15) is 0 Å². The maximum Gasteiger partial charge on any atom is 0.242 e. The van der Waals surface area contributed by atoms with Crippen molar-refractivity contribution in [1.29, 1.82) is 0 Å². The number of hydrogen-bond donors (Lipinski definition) is 2. The summed E-state index contributed by atoms with van der Waals surface area (Å²) >= 11 is 0. The van der Waals surface area contributed by atoms with Gasteiger partial charge in [-0.2, -0.15) is 0 Å². The van der Waals surface area contributed by atoms with Crippen LogP contribution in [0.1, 0.15) is 0 Å². The Morgan fingerprint density at radius 3 is 2.40 bits per heavy atom. The summed E-state index contributed by atoms with van der Waals surface area (Å²) in [6, 6.07) is 10.5. The zero-order valence-electron chi connectivity index (χ0n) is 8.05. The number of nitrogen functional groups attached to an aromatic ring is 2. The van der Waals surface area contributed by atoms with Crippen molar-refractivity contribution in [2.75, 3.05) is 11.5 Å². The molecule has 0 saturated heterocycles. The van der Waals surface area contributed by atoms with Crippen LogP contribution in [0.25, 0.3) is 0 Å². The topological polar surface area (TPSA) is 74.2 Å². The average Bonchev–Trinajstić information content (AvgIpc) is 2.25. The Morgan fingerprint density at radius 2 is 1.73 bits per heavy atom. The van der Waals surface area contributed by atoms with E-state index in [2.05, 4.69) is 4.98 Å². The molecule has 0 spiro atoms. The van der Waals surface area contributed by atoms with Crippen molar-refractivity contribution >= 4 is 11.4 Å². The summed E-state index contributed by atoms with van der Waals surface area (Å²) in [6.45, 7) is 0. The van der Waals surface area contributed by atoms with Crippen molar-refractivity contribution < 1.29 is 4.74 Å². The van der Waals surface area contributed by atoms with E-state index in [4.69, 9.17) is 16.2 Å². The van der Waals surface area contributed by atoms with Gasteiger partial charge in [-0.1, -0.05) is 0 Å². The Morgan fingerprint density at radius 1 is 1.00 bits per heavy atom. The lowest BCUT2D eigenvalue weighted by molar-refractivity contribution is 0.465. The summed E-state index contributed by atoms with van der Waals surface area (Å²) in [6.07, 6.45) is 1.63. The van der Waals surface area contributed by atoms with Crippen molar-refractivity contribution in [2.24, 2.45) is 0 Å². The first-order valence-electron chi connectivity index (χ1n) is 4.49. The summed E-state index contributed by atoms with van der Waals surface area (Å²) in [5.74, 6) is 1.07. The fraction of sp³-hybridized carbons (Fsp3) is 0. The van der Waals surface area contributed by atoms with E-state index in [1.54, 1.807) is 42.6 Å². The number of ether oxygens (including phenoxy) is 1. The molecule has 4 nitrogen and oxygen atoms in total. The molecule has 76 valence electrons. The molecule has 0 fully saturated rings.